The molecule has 4 nitrogen and oxygen atoms in total. The quantitative estimate of drug-likeness (QED) is 0.763. The first kappa shape index (κ1) is 17.0. The lowest BCUT2D eigenvalue weighted by Gasteiger charge is -2.26. The van der Waals surface area contributed by atoms with Crippen LogP contribution in [0.25, 0.3) is 0 Å². The van der Waals surface area contributed by atoms with Crippen LogP contribution < -0.4 is 15.5 Å². The predicted octanol–water partition coefficient (Wildman–Crippen LogP) is 2.52. The van der Waals surface area contributed by atoms with Crippen molar-refractivity contribution in [2.24, 2.45) is 0 Å². The van der Waals surface area contributed by atoms with Gasteiger partial charge < -0.3 is 15.5 Å². The molecule has 2 N–H and O–H groups in total. The highest BCUT2D eigenvalue weighted by molar-refractivity contribution is 9.10. The number of rotatable bonds is 8. The molecule has 0 aliphatic heterocycles. The van der Waals surface area contributed by atoms with Crippen LogP contribution >= 0.6 is 15.9 Å². The second kappa shape index (κ2) is 8.97. The van der Waals surface area contributed by atoms with Gasteiger partial charge in [-0.2, -0.15) is 0 Å². The number of halogens is 1. The van der Waals surface area contributed by atoms with E-state index in [4.69, 9.17) is 0 Å². The minimum Gasteiger partial charge on any atom is -0.362 e. The van der Waals surface area contributed by atoms with Crippen molar-refractivity contribution < 1.29 is 4.79 Å². The first-order valence-corrected chi connectivity index (χ1v) is 7.86. The number of amides is 1. The topological polar surface area (TPSA) is 44.4 Å². The molecule has 0 aliphatic rings. The van der Waals surface area contributed by atoms with E-state index < -0.39 is 0 Å². The summed E-state index contributed by atoms with van der Waals surface area (Å²) in [4.78, 5) is 13.8. The third-order valence-electron chi connectivity index (χ3n) is 3.06. The molecule has 0 spiro atoms. The Balaban J connectivity index is 3.02. The van der Waals surface area contributed by atoms with Crippen molar-refractivity contribution in [1.29, 1.82) is 0 Å². The highest BCUT2D eigenvalue weighted by Gasteiger charge is 2.14. The summed E-state index contributed by atoms with van der Waals surface area (Å²) < 4.78 is 1.03. The average Bonchev–Trinajstić information content (AvgIpc) is 2.45. The lowest BCUT2D eigenvalue weighted by molar-refractivity contribution is -0.119. The summed E-state index contributed by atoms with van der Waals surface area (Å²) in [6.07, 6.45) is 1.00. The molecule has 0 unspecified atom stereocenters. The van der Waals surface area contributed by atoms with E-state index in [0.29, 0.717) is 6.54 Å². The van der Waals surface area contributed by atoms with Crippen LogP contribution in [0, 0.1) is 0 Å². The summed E-state index contributed by atoms with van der Waals surface area (Å²) in [6, 6.07) is 6.24. The van der Waals surface area contributed by atoms with Gasteiger partial charge in [0.05, 0.1) is 6.54 Å². The molecule has 0 aromatic heterocycles. The van der Waals surface area contributed by atoms with E-state index in [2.05, 4.69) is 57.4 Å². The second-order valence-corrected chi connectivity index (χ2v) is 5.56. The number of likely N-dealkylation sites (N-methyl/N-ethyl adjacent to an activating group) is 1. The van der Waals surface area contributed by atoms with Crippen LogP contribution in [0.2, 0.25) is 0 Å². The van der Waals surface area contributed by atoms with Crippen molar-refractivity contribution in [1.82, 2.24) is 10.6 Å². The van der Waals surface area contributed by atoms with Gasteiger partial charge in [-0.05, 0) is 30.7 Å². The van der Waals surface area contributed by atoms with Gasteiger partial charge in [0.25, 0.3) is 0 Å². The maximum Gasteiger partial charge on any atom is 0.239 e. The van der Waals surface area contributed by atoms with Crippen molar-refractivity contribution in [2.45, 2.75) is 26.8 Å². The van der Waals surface area contributed by atoms with Gasteiger partial charge in [0, 0.05) is 30.3 Å². The Morgan fingerprint density at radius 3 is 2.70 bits per heavy atom. The number of nitrogens with one attached hydrogen (secondary N) is 2. The van der Waals surface area contributed by atoms with Crippen LogP contribution in [0.4, 0.5) is 5.69 Å². The molecule has 0 aliphatic carbocycles. The summed E-state index contributed by atoms with van der Waals surface area (Å²) in [7, 11) is 1.67. The maximum atomic E-state index is 11.7. The summed E-state index contributed by atoms with van der Waals surface area (Å²) in [6.45, 7) is 7.21. The average molecular weight is 342 g/mol. The maximum absolute atomic E-state index is 11.7. The van der Waals surface area contributed by atoms with Crippen molar-refractivity contribution >= 4 is 27.5 Å². The van der Waals surface area contributed by atoms with E-state index in [1.165, 1.54) is 5.56 Å². The van der Waals surface area contributed by atoms with Gasteiger partial charge in [-0.3, -0.25) is 4.79 Å². The zero-order chi connectivity index (χ0) is 15.0. The largest absolute Gasteiger partial charge is 0.362 e. The first-order chi connectivity index (χ1) is 9.62. The van der Waals surface area contributed by atoms with Crippen LogP contribution in [0.15, 0.2) is 22.7 Å². The molecule has 0 bridgehead atoms. The van der Waals surface area contributed by atoms with E-state index in [1.807, 2.05) is 6.07 Å². The molecule has 0 radical (unpaired) electrons. The van der Waals surface area contributed by atoms with Gasteiger partial charge in [0.2, 0.25) is 5.91 Å². The lowest BCUT2D eigenvalue weighted by atomic mass is 10.1. The van der Waals surface area contributed by atoms with E-state index in [9.17, 15) is 4.79 Å². The van der Waals surface area contributed by atoms with Gasteiger partial charge in [0.15, 0.2) is 0 Å². The number of carbonyl (C=O) groups excluding carboxylic acids is 1. The molecule has 1 amide bonds. The molecule has 20 heavy (non-hydrogen) atoms. The Morgan fingerprint density at radius 2 is 2.10 bits per heavy atom. The van der Waals surface area contributed by atoms with Crippen LogP contribution in [0.3, 0.4) is 0 Å². The zero-order valence-corrected chi connectivity index (χ0v) is 14.1. The Labute approximate surface area is 130 Å². The lowest BCUT2D eigenvalue weighted by Crippen LogP contribution is -2.37. The molecule has 1 rings (SSSR count). The minimum atomic E-state index is 0.0350. The molecular formula is C15H24BrN3O. The molecule has 0 saturated carbocycles. The van der Waals surface area contributed by atoms with Gasteiger partial charge in [-0.25, -0.2) is 0 Å². The SMILES string of the molecule is CCCN(CC(=O)NC)c1cc(Br)ccc1CNCC. The van der Waals surface area contributed by atoms with Crippen molar-refractivity contribution in [3.63, 3.8) is 0 Å². The molecular weight excluding hydrogens is 318 g/mol. The summed E-state index contributed by atoms with van der Waals surface area (Å²) >= 11 is 3.52. The first-order valence-electron chi connectivity index (χ1n) is 7.07. The molecule has 0 fully saturated rings. The molecule has 112 valence electrons. The predicted molar refractivity (Wildman–Crippen MR) is 88.1 cm³/mol. The second-order valence-electron chi connectivity index (χ2n) is 4.65. The Kier molecular flexibility index (Phi) is 7.62. The molecule has 0 heterocycles. The molecule has 1 aromatic rings. The summed E-state index contributed by atoms with van der Waals surface area (Å²) in [5.74, 6) is 0.0350. The van der Waals surface area contributed by atoms with E-state index in [0.717, 1.165) is 36.2 Å². The normalized spacial score (nSPS) is 10.4. The molecule has 0 atom stereocenters. The standard InChI is InChI=1S/C15H24BrN3O/c1-4-8-19(11-15(20)17-3)14-9-13(16)7-6-12(14)10-18-5-2/h6-7,9,18H,4-5,8,10-11H2,1-3H3,(H,17,20). The Hall–Kier alpha value is -1.07. The van der Waals surface area contributed by atoms with E-state index in [1.54, 1.807) is 7.05 Å². The van der Waals surface area contributed by atoms with E-state index in [-0.39, 0.29) is 5.91 Å². The van der Waals surface area contributed by atoms with Gasteiger partial charge in [-0.1, -0.05) is 35.8 Å². The van der Waals surface area contributed by atoms with Gasteiger partial charge in [-0.15, -0.1) is 0 Å². The fraction of sp³-hybridized carbons (Fsp3) is 0.533. The number of hydrogen-bond donors (Lipinski definition) is 2. The van der Waals surface area contributed by atoms with Crippen LogP contribution in [-0.2, 0) is 11.3 Å². The van der Waals surface area contributed by atoms with Crippen LogP contribution in [0.1, 0.15) is 25.8 Å². The fourth-order valence-electron chi connectivity index (χ4n) is 2.05. The number of nitrogens with zero attached hydrogens (tertiary/aromatic N) is 1. The van der Waals surface area contributed by atoms with Crippen LogP contribution in [0.5, 0.6) is 0 Å². The number of carbonyl (C=O) groups is 1. The van der Waals surface area contributed by atoms with Gasteiger partial charge >= 0.3 is 0 Å². The fourth-order valence-corrected chi connectivity index (χ4v) is 2.40. The third kappa shape index (κ3) is 5.13. The van der Waals surface area contributed by atoms with Gasteiger partial charge in [0.1, 0.15) is 0 Å². The Morgan fingerprint density at radius 1 is 1.35 bits per heavy atom. The number of anilines is 1. The Bertz CT molecular complexity index is 437. The highest BCUT2D eigenvalue weighted by atomic mass is 79.9. The van der Waals surface area contributed by atoms with Crippen molar-refractivity contribution in [3.05, 3.63) is 28.2 Å². The molecule has 1 aromatic carbocycles. The van der Waals surface area contributed by atoms with Crippen LogP contribution in [-0.4, -0.2) is 32.6 Å². The minimum absolute atomic E-state index is 0.0350. The van der Waals surface area contributed by atoms with Crippen molar-refractivity contribution in [3.8, 4) is 0 Å². The molecule has 0 saturated heterocycles. The smallest absolute Gasteiger partial charge is 0.239 e. The third-order valence-corrected chi connectivity index (χ3v) is 3.55. The summed E-state index contributed by atoms with van der Waals surface area (Å²) in [5, 5.41) is 6.04. The summed E-state index contributed by atoms with van der Waals surface area (Å²) in [5.41, 5.74) is 2.33. The van der Waals surface area contributed by atoms with E-state index >= 15 is 0 Å². The monoisotopic (exact) mass is 341 g/mol. The number of benzene rings is 1. The highest BCUT2D eigenvalue weighted by Crippen LogP contribution is 2.25. The van der Waals surface area contributed by atoms with Crippen molar-refractivity contribution in [2.75, 3.05) is 31.6 Å². The number of hydrogen-bond acceptors (Lipinski definition) is 3. The zero-order valence-electron chi connectivity index (χ0n) is 12.5. The molecule has 5 heteroatoms.